The quantitative estimate of drug-likeness (QED) is 0.0314. The first-order valence-corrected chi connectivity index (χ1v) is 54.0. The number of rotatable bonds is 31. The summed E-state index contributed by atoms with van der Waals surface area (Å²) in [6.07, 6.45) is 2.81. The van der Waals surface area contributed by atoms with Crippen molar-refractivity contribution in [2.24, 2.45) is 5.41 Å². The van der Waals surface area contributed by atoms with E-state index in [2.05, 4.69) is 157 Å². The highest BCUT2D eigenvalue weighted by molar-refractivity contribution is 9.12. The summed E-state index contributed by atoms with van der Waals surface area (Å²) < 4.78 is 248. The van der Waals surface area contributed by atoms with Crippen molar-refractivity contribution in [2.75, 3.05) is 66.6 Å². The highest BCUT2D eigenvalue weighted by Gasteiger charge is 2.53. The van der Waals surface area contributed by atoms with Crippen molar-refractivity contribution in [2.45, 2.75) is 178 Å². The van der Waals surface area contributed by atoms with Gasteiger partial charge in [-0.1, -0.05) is 188 Å². The van der Waals surface area contributed by atoms with Gasteiger partial charge in [0, 0.05) is 98.5 Å². The molecule has 6 fully saturated rings. The topological polar surface area (TPSA) is 233 Å². The zero-order chi connectivity index (χ0) is 109. The van der Waals surface area contributed by atoms with Crippen LogP contribution in [0.3, 0.4) is 0 Å². The monoisotopic (exact) mass is 2650 g/mol. The largest absolute Gasteiger partial charge is 0.640 e. The summed E-state index contributed by atoms with van der Waals surface area (Å²) in [6, 6.07) is 50.0. The molecule has 6 aliphatic heterocycles. The first kappa shape index (κ1) is 130. The average molecular weight is 2660 g/mol. The molecule has 51 heteroatoms. The zero-order valence-electron chi connectivity index (χ0n) is 83.8. The van der Waals surface area contributed by atoms with Crippen molar-refractivity contribution in [3.63, 3.8) is 0 Å². The Bertz CT molecular complexity index is 5630. The summed E-state index contributed by atoms with van der Waals surface area (Å²) in [7, 11) is -3.91. The van der Waals surface area contributed by atoms with E-state index in [0.717, 1.165) is 104 Å². The normalized spacial score (nSPS) is 15.9. The molecule has 0 radical (unpaired) electrons. The van der Waals surface area contributed by atoms with Crippen LogP contribution in [0.25, 0.3) is 0 Å². The molecule has 10 aromatic rings. The maximum Gasteiger partial charge on any atom is 0.640 e. The molecule has 6 saturated heterocycles. The molecular weight excluding hydrogens is 2550 g/mol. The fourth-order valence-electron chi connectivity index (χ4n) is 12.6. The third kappa shape index (κ3) is 50.1. The SMILES string of the molecule is CB(O)OCc1cc(F)ccc1Br.CB(OCc1cc(F)ccc1Br)OC(C)C.CC1(C)COB(OCc2cc(F)ccc2Br)OC1.CC1(C)OB(OCc2cc(F)ccc2Br)OC1(C)C.COB(C)OCc1cc(F)ccc1Br.Fc1ccc(Br)c(COB2OCC(c3ccccc3)O2)c1.Fc1ccc(Br)c(COB2OCCCCO2)c1.Fc1ccc(Br)c(COB2OCCCO2)c1.Fc1ccc(Br)c(COB2OCCO2)c1. The molecule has 0 aliphatic carbocycles. The van der Waals surface area contributed by atoms with Crippen LogP contribution in [-0.4, -0.2) is 154 Å². The van der Waals surface area contributed by atoms with Gasteiger partial charge in [0.05, 0.1) is 96.6 Å². The molecule has 0 amide bonds. The summed E-state index contributed by atoms with van der Waals surface area (Å²) in [5.74, 6) is -2.58. The second-order valence-electron chi connectivity index (χ2n) is 35.0. The first-order chi connectivity index (χ1) is 70.9. The predicted molar refractivity (Wildman–Crippen MR) is 587 cm³/mol. The lowest BCUT2D eigenvalue weighted by molar-refractivity contribution is -0.0214. The maximum atomic E-state index is 13.2. The standard InChI is InChI=1S/C15H13BBrFO3.C13H17BBrFO3.C12H15BBrFO3.C11H13BBrFO3.C11H15BBrFO2.C10H11BBrFO3.C9H9BBrFO3.C9H11BBrFO2.C8H9BBrFO2/c17-14-7-6-13(18)8-12(14)9-19-16-20-10-15(21-16)11-4-2-1-3-5-11;1-12(2)13(3,4)19-14(18-12)17-8-9-7-10(16)5-6-11(9)15;1-12(2)7-17-13(18-8-12)16-6-9-5-10(15)3-4-11(9)14;13-11-4-3-10(14)7-9(11)8-17-12-15-5-1-2-6-16-12;1-8(2)16-12(3)15-7-9-6-10(14)4-5-11(9)13;12-10-3-2-9(13)6-8(10)7-16-11-14-4-1-5-15-11;11-9-2-1-8(12)5-7(9)6-15-10-13-3-4-14-10;1-10(13-2)14-6-7-5-8(12)3-4-9(7)11;1-9(12)13-5-6-4-7(11)2-3-8(6)10/h1-8,15H,9-10H2;5-7H,8H2,1-4H3;3-5H,6-8H2,1-2H3;3-4,7H,1-2,5-6,8H2;4-6,8H,7H2,1-3H3;2-3,6H,1,4-5,7H2;1-2,5H,3-4,6H2;3-5H,6H2,1-2H3;2-4,12H,5H2,1H3. The van der Waals surface area contributed by atoms with Gasteiger partial charge in [-0.25, -0.2) is 39.5 Å². The van der Waals surface area contributed by atoms with E-state index in [9.17, 15) is 39.5 Å². The molecule has 0 aromatic heterocycles. The smallest absolute Gasteiger partial charge is 0.427 e. The molecule has 10 aromatic carbocycles. The molecule has 24 nitrogen and oxygen atoms in total. The molecule has 149 heavy (non-hydrogen) atoms. The first-order valence-electron chi connectivity index (χ1n) is 46.8. The van der Waals surface area contributed by atoms with Gasteiger partial charge in [0.15, 0.2) is 0 Å². The molecule has 802 valence electrons. The van der Waals surface area contributed by atoms with E-state index in [1.807, 2.05) is 78.7 Å². The summed E-state index contributed by atoms with van der Waals surface area (Å²) in [4.78, 5) is 0. The van der Waals surface area contributed by atoms with Crippen molar-refractivity contribution in [1.29, 1.82) is 0 Å². The number of hydrogen-bond acceptors (Lipinski definition) is 24. The lowest BCUT2D eigenvalue weighted by Gasteiger charge is -2.32. The second-order valence-corrected chi connectivity index (χ2v) is 42.7. The van der Waals surface area contributed by atoms with Crippen LogP contribution in [0.5, 0.6) is 0 Å². The maximum absolute atomic E-state index is 13.2. The molecule has 0 spiro atoms. The zero-order valence-corrected chi connectivity index (χ0v) is 98.1. The minimum absolute atomic E-state index is 0.0132. The minimum atomic E-state index is -0.838. The van der Waals surface area contributed by atoms with Crippen LogP contribution in [0.1, 0.15) is 136 Å². The van der Waals surface area contributed by atoms with Gasteiger partial charge in [-0.05, 0) is 301 Å². The number of hydrogen-bond donors (Lipinski definition) is 1. The van der Waals surface area contributed by atoms with E-state index < -0.39 is 62.2 Å². The van der Waals surface area contributed by atoms with Gasteiger partial charge in [0.1, 0.15) is 52.4 Å². The lowest BCUT2D eigenvalue weighted by atomic mass is 9.90. The number of halogens is 18. The summed E-state index contributed by atoms with van der Waals surface area (Å²) in [6.45, 7) is 28.4. The van der Waals surface area contributed by atoms with Gasteiger partial charge in [-0.2, -0.15) is 0 Å². The van der Waals surface area contributed by atoms with E-state index in [1.54, 1.807) is 68.5 Å². The van der Waals surface area contributed by atoms with Crippen LogP contribution >= 0.6 is 143 Å². The third-order valence-electron chi connectivity index (χ3n) is 21.3. The van der Waals surface area contributed by atoms with Crippen LogP contribution in [0, 0.1) is 57.8 Å². The Morgan fingerprint density at radius 1 is 0.322 bits per heavy atom. The van der Waals surface area contributed by atoms with E-state index in [0.29, 0.717) is 83.8 Å². The molecule has 1 N–H and O–H groups in total. The lowest BCUT2D eigenvalue weighted by Crippen LogP contribution is -2.42. The number of benzene rings is 10. The van der Waals surface area contributed by atoms with E-state index >= 15 is 0 Å². The molecular formula is C98H113B9Br9F9O24. The predicted octanol–water partition coefficient (Wildman–Crippen LogP) is 27.0. The fraction of sp³-hybridized carbons (Fsp3) is 0.388. The third-order valence-corrected chi connectivity index (χ3v) is 28.2. The van der Waals surface area contributed by atoms with Gasteiger partial charge in [0.2, 0.25) is 0 Å². The Hall–Kier alpha value is -4.49. The molecule has 0 bridgehead atoms. The second kappa shape index (κ2) is 68.3. The highest BCUT2D eigenvalue weighted by atomic mass is 79.9. The average Bonchev–Trinajstić information content (AvgIpc) is 1.63. The fourth-order valence-corrected chi connectivity index (χ4v) is 15.8. The van der Waals surface area contributed by atoms with Gasteiger partial charge < -0.3 is 112 Å². The van der Waals surface area contributed by atoms with Crippen LogP contribution in [0.15, 0.2) is 234 Å². The molecule has 6 heterocycles. The van der Waals surface area contributed by atoms with Crippen molar-refractivity contribution in [1.82, 2.24) is 0 Å². The van der Waals surface area contributed by atoms with Crippen molar-refractivity contribution < 1.29 is 152 Å². The molecule has 0 saturated carbocycles. The van der Waals surface area contributed by atoms with Crippen LogP contribution in [-0.2, 0) is 167 Å². The molecule has 1 unspecified atom stereocenters. The van der Waals surface area contributed by atoms with Crippen molar-refractivity contribution in [3.8, 4) is 0 Å². The highest BCUT2D eigenvalue weighted by Crippen LogP contribution is 2.38. The molecule has 16 rings (SSSR count). The Kier molecular flexibility index (Phi) is 59.5. The molecule has 1 atom stereocenters. The Labute approximate surface area is 944 Å². The van der Waals surface area contributed by atoms with Crippen molar-refractivity contribution in [3.05, 3.63) is 342 Å². The van der Waals surface area contributed by atoms with E-state index in [-0.39, 0.29) is 130 Å². The molecule has 6 aliphatic rings. The van der Waals surface area contributed by atoms with Gasteiger partial charge in [-0.3, -0.25) is 0 Å². The Morgan fingerprint density at radius 3 is 0.866 bits per heavy atom. The Balaban J connectivity index is 0.000000205. The van der Waals surface area contributed by atoms with Gasteiger partial charge in [0.25, 0.3) is 0 Å². The van der Waals surface area contributed by atoms with Gasteiger partial charge >= 0.3 is 65.3 Å². The Morgan fingerprint density at radius 2 is 0.577 bits per heavy atom. The minimum Gasteiger partial charge on any atom is -0.427 e. The van der Waals surface area contributed by atoms with E-state index in [4.69, 9.17) is 112 Å². The van der Waals surface area contributed by atoms with Crippen LogP contribution in [0.2, 0.25) is 20.5 Å². The van der Waals surface area contributed by atoms with E-state index in [1.165, 1.54) is 116 Å². The van der Waals surface area contributed by atoms with Gasteiger partial charge in [-0.15, -0.1) is 0 Å². The summed E-state index contributed by atoms with van der Waals surface area (Å²) in [5, 5.41) is 8.84. The van der Waals surface area contributed by atoms with Crippen LogP contribution in [0.4, 0.5) is 39.5 Å². The van der Waals surface area contributed by atoms with Crippen LogP contribution < -0.4 is 0 Å². The van der Waals surface area contributed by atoms with Crippen molar-refractivity contribution >= 4 is 209 Å². The summed E-state index contributed by atoms with van der Waals surface area (Å²) in [5.41, 5.74) is 6.79. The summed E-state index contributed by atoms with van der Waals surface area (Å²) >= 11 is 30.0.